The van der Waals surface area contributed by atoms with Crippen LogP contribution in [0.2, 0.25) is 0 Å². The predicted molar refractivity (Wildman–Crippen MR) is 87.0 cm³/mol. The van der Waals surface area contributed by atoms with Crippen LogP contribution in [0.3, 0.4) is 0 Å². The van der Waals surface area contributed by atoms with Crippen molar-refractivity contribution in [2.75, 3.05) is 0 Å². The van der Waals surface area contributed by atoms with E-state index >= 15 is 0 Å². The van der Waals surface area contributed by atoms with Crippen LogP contribution < -0.4 is 0 Å². The van der Waals surface area contributed by atoms with Crippen molar-refractivity contribution in [2.24, 2.45) is 0 Å². The summed E-state index contributed by atoms with van der Waals surface area (Å²) in [6.45, 7) is 3.64. The van der Waals surface area contributed by atoms with Crippen LogP contribution in [0.4, 0.5) is 0 Å². The number of amides is 1. The molecule has 0 saturated heterocycles. The molecule has 2 aromatic rings. The normalized spacial score (nSPS) is 10.7. The van der Waals surface area contributed by atoms with Crippen molar-refractivity contribution in [3.63, 3.8) is 0 Å². The zero-order valence-electron chi connectivity index (χ0n) is 11.9. The number of unbranched alkanes of at least 4 members (excludes halogenated alkanes) is 2. The largest absolute Gasteiger partial charge is 0.332 e. The second-order valence-electron chi connectivity index (χ2n) is 4.87. The molecule has 2 rings (SSSR count). The highest BCUT2D eigenvalue weighted by atomic mass is 32.1. The molecule has 0 bridgehead atoms. The van der Waals surface area contributed by atoms with Crippen LogP contribution in [-0.2, 0) is 17.9 Å². The number of nitrogens with zero attached hydrogens (tertiary/aromatic N) is 1. The number of hydrogen-bond donors (Lipinski definition) is 0. The number of hydrogen-bond acceptors (Lipinski definition) is 3. The summed E-state index contributed by atoms with van der Waals surface area (Å²) >= 11 is 3.44. The van der Waals surface area contributed by atoms with Crippen molar-refractivity contribution < 1.29 is 4.79 Å². The van der Waals surface area contributed by atoms with Gasteiger partial charge in [-0.05, 0) is 29.3 Å². The third kappa shape index (κ3) is 4.76. The molecule has 20 heavy (non-hydrogen) atoms. The fourth-order valence-corrected chi connectivity index (χ4v) is 3.54. The fraction of sp³-hybridized carbons (Fsp3) is 0.438. The zero-order chi connectivity index (χ0) is 14.2. The van der Waals surface area contributed by atoms with Gasteiger partial charge in [0, 0.05) is 16.2 Å². The molecule has 1 amide bonds. The maximum Gasteiger partial charge on any atom is 0.223 e. The third-order valence-electron chi connectivity index (χ3n) is 3.20. The molecule has 0 N–H and O–H groups in total. The Morgan fingerprint density at radius 1 is 1.05 bits per heavy atom. The zero-order valence-corrected chi connectivity index (χ0v) is 13.5. The van der Waals surface area contributed by atoms with Crippen molar-refractivity contribution in [2.45, 2.75) is 45.7 Å². The summed E-state index contributed by atoms with van der Waals surface area (Å²) in [5.41, 5.74) is 0. The van der Waals surface area contributed by atoms with Gasteiger partial charge in [-0.3, -0.25) is 4.79 Å². The van der Waals surface area contributed by atoms with Crippen LogP contribution in [0.25, 0.3) is 0 Å². The first-order valence-electron chi connectivity index (χ1n) is 7.12. The van der Waals surface area contributed by atoms with E-state index in [0.29, 0.717) is 6.42 Å². The van der Waals surface area contributed by atoms with E-state index in [1.165, 1.54) is 9.75 Å². The molecule has 0 aliphatic rings. The molecule has 4 heteroatoms. The highest BCUT2D eigenvalue weighted by Crippen LogP contribution is 2.18. The van der Waals surface area contributed by atoms with E-state index in [0.717, 1.165) is 32.4 Å². The fourth-order valence-electron chi connectivity index (χ4n) is 2.10. The Balaban J connectivity index is 1.97. The van der Waals surface area contributed by atoms with Crippen LogP contribution >= 0.6 is 22.7 Å². The van der Waals surface area contributed by atoms with E-state index < -0.39 is 0 Å². The van der Waals surface area contributed by atoms with Gasteiger partial charge in [-0.15, -0.1) is 22.7 Å². The van der Waals surface area contributed by atoms with Crippen LogP contribution in [0, 0.1) is 0 Å². The Morgan fingerprint density at radius 2 is 1.65 bits per heavy atom. The summed E-state index contributed by atoms with van der Waals surface area (Å²) in [5.74, 6) is 0.278. The number of thiophene rings is 2. The number of carbonyl (C=O) groups is 1. The molecule has 0 aliphatic carbocycles. The lowest BCUT2D eigenvalue weighted by molar-refractivity contribution is -0.132. The van der Waals surface area contributed by atoms with Crippen LogP contribution in [0.15, 0.2) is 35.0 Å². The molecule has 2 nitrogen and oxygen atoms in total. The second kappa shape index (κ2) is 8.22. The summed E-state index contributed by atoms with van der Waals surface area (Å²) in [6, 6.07) is 8.30. The van der Waals surface area contributed by atoms with Crippen molar-refractivity contribution in [3.8, 4) is 0 Å². The predicted octanol–water partition coefficient (Wildman–Crippen LogP) is 4.92. The lowest BCUT2D eigenvalue weighted by Gasteiger charge is -2.21. The van der Waals surface area contributed by atoms with Gasteiger partial charge in [-0.25, -0.2) is 0 Å². The molecule has 0 fully saturated rings. The molecule has 0 unspecified atom stereocenters. The van der Waals surface area contributed by atoms with Gasteiger partial charge in [-0.1, -0.05) is 31.9 Å². The van der Waals surface area contributed by atoms with Gasteiger partial charge in [0.15, 0.2) is 0 Å². The van der Waals surface area contributed by atoms with Gasteiger partial charge in [0.2, 0.25) is 5.91 Å². The lowest BCUT2D eigenvalue weighted by atomic mass is 10.2. The Hall–Kier alpha value is -1.13. The average Bonchev–Trinajstić information content (AvgIpc) is 3.11. The maximum absolute atomic E-state index is 12.4. The average molecular weight is 307 g/mol. The molecule has 108 valence electrons. The van der Waals surface area contributed by atoms with E-state index in [1.807, 2.05) is 17.0 Å². The van der Waals surface area contributed by atoms with E-state index in [2.05, 4.69) is 29.8 Å². The molecular formula is C16H21NOS2. The van der Waals surface area contributed by atoms with Gasteiger partial charge >= 0.3 is 0 Å². The van der Waals surface area contributed by atoms with Gasteiger partial charge in [0.1, 0.15) is 0 Å². The third-order valence-corrected chi connectivity index (χ3v) is 4.92. The van der Waals surface area contributed by atoms with E-state index in [-0.39, 0.29) is 5.91 Å². The summed E-state index contributed by atoms with van der Waals surface area (Å²) < 4.78 is 0. The summed E-state index contributed by atoms with van der Waals surface area (Å²) in [7, 11) is 0. The summed E-state index contributed by atoms with van der Waals surface area (Å²) in [4.78, 5) is 16.9. The first-order chi connectivity index (χ1) is 9.79. The first-order valence-corrected chi connectivity index (χ1v) is 8.88. The smallest absolute Gasteiger partial charge is 0.223 e. The minimum absolute atomic E-state index is 0.278. The summed E-state index contributed by atoms with van der Waals surface area (Å²) in [6.07, 6.45) is 3.96. The number of carbonyl (C=O) groups excluding carboxylic acids is 1. The second-order valence-corrected chi connectivity index (χ2v) is 6.93. The Kier molecular flexibility index (Phi) is 6.27. The highest BCUT2D eigenvalue weighted by Gasteiger charge is 2.15. The van der Waals surface area contributed by atoms with E-state index in [4.69, 9.17) is 0 Å². The van der Waals surface area contributed by atoms with E-state index in [9.17, 15) is 4.79 Å². The highest BCUT2D eigenvalue weighted by molar-refractivity contribution is 7.10. The summed E-state index contributed by atoms with van der Waals surface area (Å²) in [5, 5.41) is 4.14. The maximum atomic E-state index is 12.4. The Labute approximate surface area is 129 Å². The topological polar surface area (TPSA) is 20.3 Å². The van der Waals surface area contributed by atoms with Gasteiger partial charge < -0.3 is 4.90 Å². The Bertz CT molecular complexity index is 454. The molecule has 0 aliphatic heterocycles. The quantitative estimate of drug-likeness (QED) is 0.634. The van der Waals surface area contributed by atoms with Gasteiger partial charge in [0.25, 0.3) is 0 Å². The molecule has 0 radical (unpaired) electrons. The molecule has 0 spiro atoms. The van der Waals surface area contributed by atoms with Crippen molar-refractivity contribution >= 4 is 28.6 Å². The van der Waals surface area contributed by atoms with E-state index in [1.54, 1.807) is 22.7 Å². The minimum Gasteiger partial charge on any atom is -0.332 e. The van der Waals surface area contributed by atoms with Crippen molar-refractivity contribution in [1.82, 2.24) is 4.90 Å². The van der Waals surface area contributed by atoms with Crippen LogP contribution in [0.1, 0.15) is 42.4 Å². The Morgan fingerprint density at radius 3 is 2.10 bits per heavy atom. The molecule has 0 aromatic carbocycles. The van der Waals surface area contributed by atoms with Crippen molar-refractivity contribution in [1.29, 1.82) is 0 Å². The molecule has 2 heterocycles. The van der Waals surface area contributed by atoms with Crippen LogP contribution in [-0.4, -0.2) is 10.8 Å². The molecule has 0 atom stereocenters. The molecule has 2 aromatic heterocycles. The molecular weight excluding hydrogens is 286 g/mol. The number of rotatable bonds is 8. The van der Waals surface area contributed by atoms with Crippen LogP contribution in [0.5, 0.6) is 0 Å². The van der Waals surface area contributed by atoms with Gasteiger partial charge in [0.05, 0.1) is 13.1 Å². The standard InChI is InChI=1S/C16H21NOS2/c1-2-3-4-9-16(18)17(12-14-7-5-10-19-14)13-15-8-6-11-20-15/h5-8,10-11H,2-4,9,12-13H2,1H3. The van der Waals surface area contributed by atoms with Crippen molar-refractivity contribution in [3.05, 3.63) is 44.8 Å². The lowest BCUT2D eigenvalue weighted by Crippen LogP contribution is -2.29. The first kappa shape index (κ1) is 15.3. The minimum atomic E-state index is 0.278. The van der Waals surface area contributed by atoms with Gasteiger partial charge in [-0.2, -0.15) is 0 Å². The SMILES string of the molecule is CCCCCC(=O)N(Cc1cccs1)Cc1cccs1. The molecule has 0 saturated carbocycles. The monoisotopic (exact) mass is 307 g/mol.